The maximum Gasteiger partial charge on any atom is 0.224 e. The van der Waals surface area contributed by atoms with E-state index in [2.05, 4.69) is 16.5 Å². The summed E-state index contributed by atoms with van der Waals surface area (Å²) in [5.41, 5.74) is 3.10. The van der Waals surface area contributed by atoms with Gasteiger partial charge in [0, 0.05) is 50.2 Å². The normalized spacial score (nSPS) is 20.8. The van der Waals surface area contributed by atoms with Gasteiger partial charge in [0.15, 0.2) is 0 Å². The summed E-state index contributed by atoms with van der Waals surface area (Å²) in [5.74, 6) is 1.07. The number of carbonyl (C=O) groups is 1. The first-order valence-electron chi connectivity index (χ1n) is 8.50. The SMILES string of the molecule is Cc1oc2ccccc2c1CN[C@@H]1CC(=O)N(C)[C@H]1c1ccnn1C. The monoisotopic (exact) mass is 338 g/mol. The number of hydrogen-bond donors (Lipinski definition) is 1. The van der Waals surface area contributed by atoms with E-state index in [1.807, 2.05) is 54.9 Å². The molecule has 6 heteroatoms. The number of likely N-dealkylation sites (tertiary alicyclic amines) is 1. The van der Waals surface area contributed by atoms with Gasteiger partial charge in [-0.25, -0.2) is 0 Å². The fourth-order valence-electron chi connectivity index (χ4n) is 3.81. The zero-order valence-corrected chi connectivity index (χ0v) is 14.7. The van der Waals surface area contributed by atoms with Gasteiger partial charge >= 0.3 is 0 Å². The minimum atomic E-state index is -0.0153. The molecule has 1 saturated heterocycles. The molecule has 25 heavy (non-hydrogen) atoms. The van der Waals surface area contributed by atoms with Crippen molar-refractivity contribution < 1.29 is 9.21 Å². The van der Waals surface area contributed by atoms with Crippen molar-refractivity contribution in [2.24, 2.45) is 7.05 Å². The summed E-state index contributed by atoms with van der Waals surface area (Å²) < 4.78 is 7.68. The van der Waals surface area contributed by atoms with E-state index in [1.165, 1.54) is 0 Å². The molecule has 1 aliphatic heterocycles. The molecule has 6 nitrogen and oxygen atoms in total. The first kappa shape index (κ1) is 15.9. The predicted molar refractivity (Wildman–Crippen MR) is 94.9 cm³/mol. The van der Waals surface area contributed by atoms with Crippen molar-refractivity contribution >= 4 is 16.9 Å². The van der Waals surface area contributed by atoms with Crippen LogP contribution in [0.2, 0.25) is 0 Å². The Hall–Kier alpha value is -2.60. The van der Waals surface area contributed by atoms with Crippen LogP contribution in [0.15, 0.2) is 40.9 Å². The Morgan fingerprint density at radius 3 is 2.84 bits per heavy atom. The van der Waals surface area contributed by atoms with Crippen molar-refractivity contribution in [2.45, 2.75) is 32.0 Å². The molecular formula is C19H22N4O2. The predicted octanol–water partition coefficient (Wildman–Crippen LogP) is 2.54. The second kappa shape index (κ2) is 6.04. The summed E-state index contributed by atoms with van der Waals surface area (Å²) in [4.78, 5) is 14.1. The molecule has 0 spiro atoms. The topological polar surface area (TPSA) is 63.3 Å². The Balaban J connectivity index is 1.60. The fourth-order valence-corrected chi connectivity index (χ4v) is 3.81. The molecule has 1 aliphatic rings. The van der Waals surface area contributed by atoms with Gasteiger partial charge in [0.25, 0.3) is 0 Å². The van der Waals surface area contributed by atoms with E-state index in [1.54, 1.807) is 6.20 Å². The second-order valence-electron chi connectivity index (χ2n) is 6.65. The van der Waals surface area contributed by atoms with Crippen molar-refractivity contribution in [3.63, 3.8) is 0 Å². The molecule has 1 fully saturated rings. The van der Waals surface area contributed by atoms with Crippen LogP contribution in [0, 0.1) is 6.92 Å². The van der Waals surface area contributed by atoms with Gasteiger partial charge in [-0.2, -0.15) is 5.10 Å². The molecule has 3 heterocycles. The van der Waals surface area contributed by atoms with Gasteiger partial charge in [-0.15, -0.1) is 0 Å². The number of hydrogen-bond acceptors (Lipinski definition) is 4. The fraction of sp³-hybridized carbons (Fsp3) is 0.368. The van der Waals surface area contributed by atoms with Gasteiger partial charge < -0.3 is 14.6 Å². The summed E-state index contributed by atoms with van der Waals surface area (Å²) in [6.45, 7) is 2.66. The molecule has 1 aromatic carbocycles. The molecule has 0 radical (unpaired) electrons. The number of amides is 1. The van der Waals surface area contributed by atoms with Gasteiger partial charge in [-0.1, -0.05) is 18.2 Å². The number of nitrogens with one attached hydrogen (secondary N) is 1. The molecule has 2 atom stereocenters. The number of nitrogens with zero attached hydrogens (tertiary/aromatic N) is 3. The maximum atomic E-state index is 12.3. The quantitative estimate of drug-likeness (QED) is 0.794. The van der Waals surface area contributed by atoms with E-state index < -0.39 is 0 Å². The average Bonchev–Trinajstić information content (AvgIpc) is 3.22. The van der Waals surface area contributed by atoms with E-state index in [0.717, 1.165) is 28.0 Å². The Kier molecular flexibility index (Phi) is 3.84. The van der Waals surface area contributed by atoms with E-state index in [-0.39, 0.29) is 18.0 Å². The first-order chi connectivity index (χ1) is 12.1. The molecule has 1 N–H and O–H groups in total. The number of aryl methyl sites for hydroxylation is 2. The molecule has 0 bridgehead atoms. The van der Waals surface area contributed by atoms with Crippen LogP contribution in [0.4, 0.5) is 0 Å². The number of aromatic nitrogens is 2. The van der Waals surface area contributed by atoms with Crippen molar-refractivity contribution in [3.05, 3.63) is 53.5 Å². The zero-order valence-electron chi connectivity index (χ0n) is 14.7. The van der Waals surface area contributed by atoms with Crippen LogP contribution >= 0.6 is 0 Å². The van der Waals surface area contributed by atoms with Crippen LogP contribution in [0.5, 0.6) is 0 Å². The third-order valence-corrected chi connectivity index (χ3v) is 5.19. The largest absolute Gasteiger partial charge is 0.461 e. The number of likely N-dealkylation sites (N-methyl/N-ethyl adjacent to an activating group) is 1. The number of para-hydroxylation sites is 1. The lowest BCUT2D eigenvalue weighted by Gasteiger charge is -2.25. The number of furan rings is 1. The van der Waals surface area contributed by atoms with Gasteiger partial charge in [0.05, 0.1) is 11.7 Å². The molecule has 3 aromatic rings. The standard InChI is InChI=1S/C19H22N4O2/c1-12-14(13-6-4-5-7-17(13)25-12)11-20-15-10-18(24)22(2)19(15)16-8-9-21-23(16)3/h4-9,15,19-20H,10-11H2,1-3H3/t15-,19-/m1/s1. The van der Waals surface area contributed by atoms with Crippen LogP contribution in [-0.4, -0.2) is 33.7 Å². The second-order valence-corrected chi connectivity index (χ2v) is 6.65. The minimum absolute atomic E-state index is 0.0153. The summed E-state index contributed by atoms with van der Waals surface area (Å²) in [6, 6.07) is 10.1. The van der Waals surface area contributed by atoms with Gasteiger partial charge in [0.1, 0.15) is 11.3 Å². The van der Waals surface area contributed by atoms with E-state index in [4.69, 9.17) is 4.42 Å². The van der Waals surface area contributed by atoms with E-state index >= 15 is 0 Å². The summed E-state index contributed by atoms with van der Waals surface area (Å²) in [6.07, 6.45) is 2.26. The summed E-state index contributed by atoms with van der Waals surface area (Å²) in [5, 5.41) is 8.96. The number of fused-ring (bicyclic) bond motifs is 1. The summed E-state index contributed by atoms with van der Waals surface area (Å²) >= 11 is 0. The molecule has 1 amide bonds. The highest BCUT2D eigenvalue weighted by Crippen LogP contribution is 2.32. The lowest BCUT2D eigenvalue weighted by molar-refractivity contribution is -0.127. The third kappa shape index (κ3) is 2.62. The van der Waals surface area contributed by atoms with Crippen LogP contribution < -0.4 is 5.32 Å². The van der Waals surface area contributed by atoms with Crippen LogP contribution in [0.1, 0.15) is 29.5 Å². The lowest BCUT2D eigenvalue weighted by Crippen LogP contribution is -2.36. The van der Waals surface area contributed by atoms with Gasteiger partial charge in [-0.3, -0.25) is 9.48 Å². The Bertz CT molecular complexity index is 927. The highest BCUT2D eigenvalue weighted by molar-refractivity contribution is 5.82. The van der Waals surface area contributed by atoms with Crippen LogP contribution in [0.3, 0.4) is 0 Å². The lowest BCUT2D eigenvalue weighted by atomic mass is 10.0. The highest BCUT2D eigenvalue weighted by atomic mass is 16.3. The number of carbonyl (C=O) groups excluding carboxylic acids is 1. The molecule has 130 valence electrons. The Labute approximate surface area is 146 Å². The number of benzene rings is 1. The van der Waals surface area contributed by atoms with Crippen LogP contribution in [-0.2, 0) is 18.4 Å². The average molecular weight is 338 g/mol. The zero-order chi connectivity index (χ0) is 17.6. The van der Waals surface area contributed by atoms with Crippen molar-refractivity contribution in [1.82, 2.24) is 20.0 Å². The molecule has 0 saturated carbocycles. The molecular weight excluding hydrogens is 316 g/mol. The van der Waals surface area contributed by atoms with E-state index in [9.17, 15) is 4.79 Å². The third-order valence-electron chi connectivity index (χ3n) is 5.19. The molecule has 0 unspecified atom stereocenters. The molecule has 2 aromatic heterocycles. The maximum absolute atomic E-state index is 12.3. The van der Waals surface area contributed by atoms with E-state index in [0.29, 0.717) is 13.0 Å². The first-order valence-corrected chi connectivity index (χ1v) is 8.50. The smallest absolute Gasteiger partial charge is 0.224 e. The van der Waals surface area contributed by atoms with Crippen molar-refractivity contribution in [2.75, 3.05) is 7.05 Å². The van der Waals surface area contributed by atoms with Gasteiger partial charge in [-0.05, 0) is 19.1 Å². The van der Waals surface area contributed by atoms with Crippen molar-refractivity contribution in [3.8, 4) is 0 Å². The Morgan fingerprint density at radius 2 is 2.08 bits per heavy atom. The van der Waals surface area contributed by atoms with Gasteiger partial charge in [0.2, 0.25) is 5.91 Å². The van der Waals surface area contributed by atoms with Crippen LogP contribution in [0.25, 0.3) is 11.0 Å². The summed E-state index contributed by atoms with van der Waals surface area (Å²) in [7, 11) is 3.77. The highest BCUT2D eigenvalue weighted by Gasteiger charge is 2.39. The Morgan fingerprint density at radius 1 is 1.28 bits per heavy atom. The minimum Gasteiger partial charge on any atom is -0.461 e. The molecule has 0 aliphatic carbocycles. The number of rotatable bonds is 4. The molecule has 4 rings (SSSR count). The van der Waals surface area contributed by atoms with Crippen molar-refractivity contribution in [1.29, 1.82) is 0 Å².